The average Bonchev–Trinajstić information content (AvgIpc) is 3.03. The van der Waals surface area contributed by atoms with Crippen LogP contribution in [-0.4, -0.2) is 10.9 Å². The van der Waals surface area contributed by atoms with Crippen LogP contribution >= 0.6 is 33.9 Å². The number of hydrogen-bond acceptors (Lipinski definition) is 3. The number of benzene rings is 2. The second-order valence-corrected chi connectivity index (χ2v) is 6.80. The van der Waals surface area contributed by atoms with E-state index in [1.54, 1.807) is 11.3 Å². The van der Waals surface area contributed by atoms with Gasteiger partial charge >= 0.3 is 0 Å². The molecule has 3 rings (SSSR count). The van der Waals surface area contributed by atoms with Crippen molar-refractivity contribution in [3.63, 3.8) is 0 Å². The molecule has 3 aromatic rings. The predicted molar refractivity (Wildman–Crippen MR) is 97.9 cm³/mol. The Morgan fingerprint density at radius 3 is 2.55 bits per heavy atom. The van der Waals surface area contributed by atoms with E-state index in [4.69, 9.17) is 0 Å². The van der Waals surface area contributed by atoms with Crippen molar-refractivity contribution >= 4 is 39.8 Å². The number of rotatable bonds is 4. The molecule has 1 amide bonds. The summed E-state index contributed by atoms with van der Waals surface area (Å²) < 4.78 is 1.11. The molecule has 1 N–H and O–H groups in total. The van der Waals surface area contributed by atoms with E-state index >= 15 is 0 Å². The third-order valence-electron chi connectivity index (χ3n) is 3.11. The first-order valence-corrected chi connectivity index (χ1v) is 8.72. The number of nitrogens with zero attached hydrogens (tertiary/aromatic N) is 1. The number of carbonyl (C=O) groups excluding carboxylic acids is 1. The van der Waals surface area contributed by atoms with Crippen LogP contribution < -0.4 is 5.32 Å². The fourth-order valence-corrected chi connectivity index (χ4v) is 3.16. The topological polar surface area (TPSA) is 42.0 Å². The van der Waals surface area contributed by atoms with Gasteiger partial charge in [0.15, 0.2) is 0 Å². The van der Waals surface area contributed by atoms with Crippen LogP contribution in [0.3, 0.4) is 0 Å². The lowest BCUT2D eigenvalue weighted by Crippen LogP contribution is -2.22. The molecule has 0 aliphatic heterocycles. The van der Waals surface area contributed by atoms with Gasteiger partial charge < -0.3 is 5.32 Å². The smallest absolute Gasteiger partial charge is 0.251 e. The Morgan fingerprint density at radius 2 is 1.82 bits per heavy atom. The van der Waals surface area contributed by atoms with Gasteiger partial charge in [-0.25, -0.2) is 4.98 Å². The highest BCUT2D eigenvalue weighted by Crippen LogP contribution is 2.23. The fraction of sp³-hybridized carbons (Fsp3) is 0.0588. The van der Waals surface area contributed by atoms with Gasteiger partial charge in [0.1, 0.15) is 5.01 Å². The zero-order valence-corrected chi connectivity index (χ0v) is 14.6. The zero-order valence-electron chi connectivity index (χ0n) is 11.6. The van der Waals surface area contributed by atoms with Gasteiger partial charge in [-0.1, -0.05) is 30.3 Å². The summed E-state index contributed by atoms with van der Waals surface area (Å²) in [7, 11) is 0. The second kappa shape index (κ2) is 7.02. The van der Waals surface area contributed by atoms with Gasteiger partial charge in [-0.2, -0.15) is 0 Å². The van der Waals surface area contributed by atoms with Crippen LogP contribution in [0.1, 0.15) is 16.1 Å². The van der Waals surface area contributed by atoms with Crippen LogP contribution in [0, 0.1) is 3.57 Å². The van der Waals surface area contributed by atoms with E-state index in [-0.39, 0.29) is 5.91 Å². The lowest BCUT2D eigenvalue weighted by molar-refractivity contribution is 0.0950. The monoisotopic (exact) mass is 420 g/mol. The van der Waals surface area contributed by atoms with E-state index < -0.39 is 0 Å². The van der Waals surface area contributed by atoms with Crippen LogP contribution in [0.4, 0.5) is 0 Å². The highest BCUT2D eigenvalue weighted by molar-refractivity contribution is 14.1. The molecule has 0 bridgehead atoms. The predicted octanol–water partition coefficient (Wildman–Crippen LogP) is 4.34. The summed E-state index contributed by atoms with van der Waals surface area (Å²) in [4.78, 5) is 16.6. The number of hydrogen-bond donors (Lipinski definition) is 1. The number of nitrogens with one attached hydrogen (secondary N) is 1. The van der Waals surface area contributed by atoms with Crippen molar-refractivity contribution in [1.29, 1.82) is 0 Å². The van der Waals surface area contributed by atoms with Gasteiger partial charge in [-0.3, -0.25) is 4.79 Å². The summed E-state index contributed by atoms with van der Waals surface area (Å²) in [5, 5.41) is 5.86. The first kappa shape index (κ1) is 15.2. The first-order chi connectivity index (χ1) is 10.7. The summed E-state index contributed by atoms with van der Waals surface area (Å²) in [5.41, 5.74) is 2.64. The standard InChI is InChI=1S/C17H13IN2OS/c18-14-8-6-12(7-9-14)16(21)19-10-15-11-22-17(20-15)13-4-2-1-3-5-13/h1-9,11H,10H2,(H,19,21). The molecular weight excluding hydrogens is 407 g/mol. The molecule has 0 spiro atoms. The lowest BCUT2D eigenvalue weighted by atomic mass is 10.2. The van der Waals surface area contributed by atoms with Crippen LogP contribution in [0.25, 0.3) is 10.6 Å². The van der Waals surface area contributed by atoms with Crippen LogP contribution in [0.5, 0.6) is 0 Å². The quantitative estimate of drug-likeness (QED) is 0.638. The Bertz CT molecular complexity index is 769. The Labute approximate surface area is 146 Å². The molecule has 2 aromatic carbocycles. The van der Waals surface area contributed by atoms with Crippen LogP contribution in [0.2, 0.25) is 0 Å². The van der Waals surface area contributed by atoms with Crippen molar-refractivity contribution in [2.45, 2.75) is 6.54 Å². The molecule has 0 atom stereocenters. The maximum absolute atomic E-state index is 12.1. The van der Waals surface area contributed by atoms with Gasteiger partial charge in [0.2, 0.25) is 0 Å². The van der Waals surface area contributed by atoms with Gasteiger partial charge in [0.05, 0.1) is 12.2 Å². The molecule has 0 saturated carbocycles. The van der Waals surface area contributed by atoms with Crippen LogP contribution in [-0.2, 0) is 6.54 Å². The molecule has 5 heteroatoms. The highest BCUT2D eigenvalue weighted by atomic mass is 127. The Hall–Kier alpha value is -1.73. The maximum Gasteiger partial charge on any atom is 0.251 e. The van der Waals surface area contributed by atoms with Crippen molar-refractivity contribution in [2.75, 3.05) is 0 Å². The molecule has 22 heavy (non-hydrogen) atoms. The van der Waals surface area contributed by atoms with Crippen molar-refractivity contribution in [1.82, 2.24) is 10.3 Å². The first-order valence-electron chi connectivity index (χ1n) is 6.76. The van der Waals surface area contributed by atoms with Crippen molar-refractivity contribution in [2.24, 2.45) is 0 Å². The molecule has 0 fully saturated rings. The maximum atomic E-state index is 12.1. The molecular formula is C17H13IN2OS. The van der Waals surface area contributed by atoms with E-state index in [9.17, 15) is 4.79 Å². The second-order valence-electron chi connectivity index (χ2n) is 4.70. The number of halogens is 1. The summed E-state index contributed by atoms with van der Waals surface area (Å²) in [6.45, 7) is 0.439. The largest absolute Gasteiger partial charge is 0.346 e. The molecule has 110 valence electrons. The summed E-state index contributed by atoms with van der Waals surface area (Å²) in [6, 6.07) is 17.5. The van der Waals surface area contributed by atoms with E-state index in [2.05, 4.69) is 32.9 Å². The van der Waals surface area contributed by atoms with Crippen molar-refractivity contribution < 1.29 is 4.79 Å². The van der Waals surface area contributed by atoms with Gasteiger partial charge in [0, 0.05) is 20.1 Å². The van der Waals surface area contributed by atoms with Gasteiger partial charge in [-0.05, 0) is 46.9 Å². The SMILES string of the molecule is O=C(NCc1csc(-c2ccccc2)n1)c1ccc(I)cc1. The molecule has 0 unspecified atom stereocenters. The van der Waals surface area contributed by atoms with Crippen molar-refractivity contribution in [3.05, 3.63) is 74.8 Å². The number of aromatic nitrogens is 1. The Balaban J connectivity index is 1.64. The van der Waals surface area contributed by atoms with Gasteiger partial charge in [0.25, 0.3) is 5.91 Å². The highest BCUT2D eigenvalue weighted by Gasteiger charge is 2.08. The minimum absolute atomic E-state index is 0.0781. The Kier molecular flexibility index (Phi) is 4.84. The minimum Gasteiger partial charge on any atom is -0.346 e. The molecule has 3 nitrogen and oxygen atoms in total. The van der Waals surface area contributed by atoms with Crippen molar-refractivity contribution in [3.8, 4) is 10.6 Å². The summed E-state index contributed by atoms with van der Waals surface area (Å²) in [5.74, 6) is -0.0781. The molecule has 0 radical (unpaired) electrons. The molecule has 0 aliphatic carbocycles. The zero-order chi connectivity index (χ0) is 15.4. The molecule has 1 aromatic heterocycles. The Morgan fingerprint density at radius 1 is 1.09 bits per heavy atom. The number of carbonyl (C=O) groups is 1. The van der Waals surface area contributed by atoms with E-state index in [1.807, 2.05) is 60.0 Å². The van der Waals surface area contributed by atoms with E-state index in [0.717, 1.165) is 19.8 Å². The molecule has 0 aliphatic rings. The number of thiazole rings is 1. The van der Waals surface area contributed by atoms with E-state index in [1.165, 1.54) is 0 Å². The fourth-order valence-electron chi connectivity index (χ4n) is 1.98. The third-order valence-corrected chi connectivity index (χ3v) is 4.77. The van der Waals surface area contributed by atoms with Crippen LogP contribution in [0.15, 0.2) is 60.0 Å². The number of amides is 1. The normalized spacial score (nSPS) is 10.4. The summed E-state index contributed by atoms with van der Waals surface area (Å²) >= 11 is 3.81. The lowest BCUT2D eigenvalue weighted by Gasteiger charge is -2.03. The third kappa shape index (κ3) is 3.72. The van der Waals surface area contributed by atoms with E-state index in [0.29, 0.717) is 12.1 Å². The molecule has 0 saturated heterocycles. The minimum atomic E-state index is -0.0781. The van der Waals surface area contributed by atoms with Gasteiger partial charge in [-0.15, -0.1) is 11.3 Å². The summed E-state index contributed by atoms with van der Waals surface area (Å²) in [6.07, 6.45) is 0. The molecule has 1 heterocycles. The average molecular weight is 420 g/mol.